The average molecular weight is 260 g/mol. The lowest BCUT2D eigenvalue weighted by atomic mass is 9.99. The van der Waals surface area contributed by atoms with Crippen LogP contribution in [0.5, 0.6) is 0 Å². The number of ether oxygens (including phenoxy) is 1. The molecule has 18 heavy (non-hydrogen) atoms. The molecule has 0 aliphatic rings. The quantitative estimate of drug-likeness (QED) is 0.575. The highest BCUT2D eigenvalue weighted by atomic mass is 16.5. The summed E-state index contributed by atoms with van der Waals surface area (Å²) in [5.41, 5.74) is -0.540. The molecule has 2 amide bonds. The highest BCUT2D eigenvalue weighted by Crippen LogP contribution is 2.10. The van der Waals surface area contributed by atoms with Crippen molar-refractivity contribution in [2.75, 3.05) is 13.2 Å². The zero-order valence-corrected chi connectivity index (χ0v) is 11.6. The van der Waals surface area contributed by atoms with Gasteiger partial charge in [-0.15, -0.1) is 0 Å². The second kappa shape index (κ2) is 7.92. The van der Waals surface area contributed by atoms with Gasteiger partial charge in [0, 0.05) is 18.5 Å². The lowest BCUT2D eigenvalue weighted by Gasteiger charge is -2.25. The number of amides is 2. The monoisotopic (exact) mass is 260 g/mol. The van der Waals surface area contributed by atoms with Crippen LogP contribution in [0.3, 0.4) is 0 Å². The van der Waals surface area contributed by atoms with Gasteiger partial charge >= 0.3 is 12.0 Å². The zero-order chi connectivity index (χ0) is 14.2. The number of carboxylic acid groups (broad SMARTS) is 1. The van der Waals surface area contributed by atoms with Gasteiger partial charge in [0.05, 0.1) is 12.7 Å². The van der Waals surface area contributed by atoms with E-state index in [9.17, 15) is 9.59 Å². The molecule has 0 fully saturated rings. The van der Waals surface area contributed by atoms with Crippen LogP contribution in [-0.2, 0) is 9.53 Å². The molecular weight excluding hydrogens is 236 g/mol. The first kappa shape index (κ1) is 16.7. The summed E-state index contributed by atoms with van der Waals surface area (Å²) < 4.78 is 5.28. The van der Waals surface area contributed by atoms with Crippen LogP contribution in [0.4, 0.5) is 4.79 Å². The summed E-state index contributed by atoms with van der Waals surface area (Å²) in [4.78, 5) is 22.0. The lowest BCUT2D eigenvalue weighted by molar-refractivity contribution is -0.137. The predicted molar refractivity (Wildman–Crippen MR) is 68.6 cm³/mol. The van der Waals surface area contributed by atoms with Crippen LogP contribution in [0, 0.1) is 0 Å². The maximum atomic E-state index is 11.5. The minimum atomic E-state index is -0.865. The summed E-state index contributed by atoms with van der Waals surface area (Å²) in [6.45, 7) is 8.32. The van der Waals surface area contributed by atoms with E-state index < -0.39 is 11.5 Å². The van der Waals surface area contributed by atoms with Gasteiger partial charge < -0.3 is 20.5 Å². The van der Waals surface area contributed by atoms with Crippen LogP contribution in [0.15, 0.2) is 0 Å². The molecule has 3 N–H and O–H groups in total. The molecule has 0 aromatic rings. The summed E-state index contributed by atoms with van der Waals surface area (Å²) in [6, 6.07) is -0.308. The van der Waals surface area contributed by atoms with E-state index in [0.717, 1.165) is 0 Å². The topological polar surface area (TPSA) is 87.7 Å². The molecule has 0 heterocycles. The molecule has 0 aromatic carbocycles. The average Bonchev–Trinajstić information content (AvgIpc) is 2.21. The smallest absolute Gasteiger partial charge is 0.315 e. The minimum absolute atomic E-state index is 0.0315. The van der Waals surface area contributed by atoms with Gasteiger partial charge in [-0.25, -0.2) is 4.79 Å². The van der Waals surface area contributed by atoms with E-state index in [0.29, 0.717) is 19.6 Å². The van der Waals surface area contributed by atoms with Crippen LogP contribution < -0.4 is 10.6 Å². The van der Waals surface area contributed by atoms with Gasteiger partial charge in [-0.2, -0.15) is 0 Å². The normalized spacial score (nSPS) is 11.4. The molecule has 6 nitrogen and oxygen atoms in total. The first-order valence-electron chi connectivity index (χ1n) is 6.12. The number of nitrogens with one attached hydrogen (secondary N) is 2. The van der Waals surface area contributed by atoms with Gasteiger partial charge in [0.15, 0.2) is 0 Å². The first-order valence-corrected chi connectivity index (χ1v) is 6.12. The third-order valence-corrected chi connectivity index (χ3v) is 2.25. The molecule has 0 rings (SSSR count). The van der Waals surface area contributed by atoms with Gasteiger partial charge in [-0.05, 0) is 34.1 Å². The van der Waals surface area contributed by atoms with Crippen molar-refractivity contribution >= 4 is 12.0 Å². The number of aliphatic carboxylic acids is 1. The molecule has 0 saturated carbocycles. The largest absolute Gasteiger partial charge is 0.481 e. The lowest BCUT2D eigenvalue weighted by Crippen LogP contribution is -2.49. The second-order valence-electron chi connectivity index (χ2n) is 5.08. The van der Waals surface area contributed by atoms with E-state index in [1.54, 1.807) is 13.8 Å². The molecule has 0 aromatic heterocycles. The molecule has 0 aliphatic heterocycles. The van der Waals surface area contributed by atoms with Crippen molar-refractivity contribution in [1.82, 2.24) is 10.6 Å². The Balaban J connectivity index is 3.81. The van der Waals surface area contributed by atoms with Gasteiger partial charge in [-0.1, -0.05) is 0 Å². The van der Waals surface area contributed by atoms with Crippen LogP contribution in [0.1, 0.15) is 40.5 Å². The van der Waals surface area contributed by atoms with Crippen LogP contribution in [-0.4, -0.2) is 41.9 Å². The minimum Gasteiger partial charge on any atom is -0.481 e. The predicted octanol–water partition coefficient (Wildman–Crippen LogP) is 1.35. The summed E-state index contributed by atoms with van der Waals surface area (Å²) in [5.74, 6) is -0.865. The van der Waals surface area contributed by atoms with Crippen LogP contribution >= 0.6 is 0 Å². The van der Waals surface area contributed by atoms with E-state index >= 15 is 0 Å². The number of carboxylic acids is 1. The molecular formula is C12H24N2O4. The second-order valence-corrected chi connectivity index (χ2v) is 5.08. The van der Waals surface area contributed by atoms with Crippen LogP contribution in [0.2, 0.25) is 0 Å². The number of carbonyl (C=O) groups excluding carboxylic acids is 1. The third kappa shape index (κ3) is 9.89. The Morgan fingerprint density at radius 3 is 2.44 bits per heavy atom. The number of carbonyl (C=O) groups is 2. The highest BCUT2D eigenvalue weighted by Gasteiger charge is 2.21. The molecule has 0 spiro atoms. The van der Waals surface area contributed by atoms with Gasteiger partial charge in [-0.3, -0.25) is 4.79 Å². The zero-order valence-electron chi connectivity index (χ0n) is 11.6. The fourth-order valence-electron chi connectivity index (χ4n) is 1.29. The van der Waals surface area contributed by atoms with Crippen molar-refractivity contribution in [3.8, 4) is 0 Å². The van der Waals surface area contributed by atoms with Gasteiger partial charge in [0.1, 0.15) is 0 Å². The van der Waals surface area contributed by atoms with Crippen molar-refractivity contribution in [3.63, 3.8) is 0 Å². The summed E-state index contributed by atoms with van der Waals surface area (Å²) in [5, 5.41) is 14.0. The molecule has 0 unspecified atom stereocenters. The third-order valence-electron chi connectivity index (χ3n) is 2.25. The van der Waals surface area contributed by atoms with Crippen molar-refractivity contribution in [2.45, 2.75) is 52.2 Å². The van der Waals surface area contributed by atoms with Gasteiger partial charge in [0.2, 0.25) is 0 Å². The van der Waals surface area contributed by atoms with E-state index in [-0.39, 0.29) is 18.6 Å². The Morgan fingerprint density at radius 1 is 1.33 bits per heavy atom. The van der Waals surface area contributed by atoms with E-state index in [1.807, 2.05) is 13.8 Å². The first-order chi connectivity index (χ1) is 8.23. The van der Waals surface area contributed by atoms with E-state index in [1.165, 1.54) is 0 Å². The fourth-order valence-corrected chi connectivity index (χ4v) is 1.29. The number of hydrogen-bond donors (Lipinski definition) is 3. The van der Waals surface area contributed by atoms with Crippen molar-refractivity contribution in [1.29, 1.82) is 0 Å². The highest BCUT2D eigenvalue weighted by molar-refractivity contribution is 5.74. The van der Waals surface area contributed by atoms with Crippen molar-refractivity contribution in [3.05, 3.63) is 0 Å². The van der Waals surface area contributed by atoms with E-state index in [2.05, 4.69) is 10.6 Å². The molecule has 6 heteroatoms. The Morgan fingerprint density at radius 2 is 1.94 bits per heavy atom. The van der Waals surface area contributed by atoms with Crippen molar-refractivity contribution in [2.24, 2.45) is 0 Å². The van der Waals surface area contributed by atoms with E-state index in [4.69, 9.17) is 9.84 Å². The Labute approximate surface area is 108 Å². The Kier molecular flexibility index (Phi) is 7.35. The van der Waals surface area contributed by atoms with Crippen LogP contribution in [0.25, 0.3) is 0 Å². The molecule has 0 bridgehead atoms. The Hall–Kier alpha value is -1.30. The molecule has 106 valence electrons. The maximum Gasteiger partial charge on any atom is 0.315 e. The Bertz CT molecular complexity index is 277. The summed E-state index contributed by atoms with van der Waals surface area (Å²) in [6.07, 6.45) is 0.559. The maximum absolute atomic E-state index is 11.5. The van der Waals surface area contributed by atoms with Gasteiger partial charge in [0.25, 0.3) is 0 Å². The fraction of sp³-hybridized carbons (Fsp3) is 0.833. The number of urea groups is 1. The molecule has 0 atom stereocenters. The molecule has 0 radical (unpaired) electrons. The summed E-state index contributed by atoms with van der Waals surface area (Å²) >= 11 is 0. The standard InChI is InChI=1S/C12H24N2O4/c1-9(2)18-8-7-13-11(17)14-12(3,4)6-5-10(15)16/h9H,5-8H2,1-4H3,(H,15,16)(H2,13,14,17). The number of rotatable bonds is 8. The summed E-state index contributed by atoms with van der Waals surface area (Å²) in [7, 11) is 0. The van der Waals surface area contributed by atoms with Crippen molar-refractivity contribution < 1.29 is 19.4 Å². The SMILES string of the molecule is CC(C)OCCNC(=O)NC(C)(C)CCC(=O)O. The molecule has 0 saturated heterocycles. The number of hydrogen-bond acceptors (Lipinski definition) is 3. The molecule has 0 aliphatic carbocycles.